The zero-order valence-electron chi connectivity index (χ0n) is 39.2. The number of ketones is 4. The Morgan fingerprint density at radius 2 is 1.39 bits per heavy atom. The van der Waals surface area contributed by atoms with Gasteiger partial charge in [0.2, 0.25) is 0 Å². The van der Waals surface area contributed by atoms with E-state index in [-0.39, 0.29) is 128 Å². The first-order valence-electron chi connectivity index (χ1n) is 23.1. The van der Waals surface area contributed by atoms with Crippen LogP contribution in [0.25, 0.3) is 0 Å². The number of likely N-dealkylation sites (tertiary alicyclic amines) is 1. The lowest BCUT2D eigenvalue weighted by atomic mass is 9.72. The number of aliphatic hydroxyl groups is 1. The fourth-order valence-corrected chi connectivity index (χ4v) is 8.69. The summed E-state index contributed by atoms with van der Waals surface area (Å²) in [6.45, 7) is 10.9. The third-order valence-electron chi connectivity index (χ3n) is 12.2. The Morgan fingerprint density at radius 3 is 1.99 bits per heavy atom. The van der Waals surface area contributed by atoms with E-state index >= 15 is 4.39 Å². The average Bonchev–Trinajstić information content (AvgIpc) is 3.44. The Labute approximate surface area is 403 Å². The summed E-state index contributed by atoms with van der Waals surface area (Å²) in [6, 6.07) is 13.7. The van der Waals surface area contributed by atoms with E-state index in [2.05, 4.69) is 6.58 Å². The second-order valence-electron chi connectivity index (χ2n) is 17.8. The Bertz CT molecular complexity index is 2390. The van der Waals surface area contributed by atoms with Crippen molar-refractivity contribution in [3.05, 3.63) is 100 Å². The minimum atomic E-state index is -4.77. The third kappa shape index (κ3) is 14.3. The predicted octanol–water partition coefficient (Wildman–Crippen LogP) is 6.74. The lowest BCUT2D eigenvalue weighted by Gasteiger charge is -2.29. The predicted molar refractivity (Wildman–Crippen MR) is 242 cm³/mol. The summed E-state index contributed by atoms with van der Waals surface area (Å²) < 4.78 is 101. The topological polar surface area (TPSA) is 189 Å². The number of ether oxygens (including phenoxy) is 8. The SMILES string of the molecule is C=C1CC(=O)CCC(C2CC(=O)c3c(OCCOCCOCCOCCOCCOCCOc4ccc(CN5CC(C)(C)C(Oc6ccc(C#N)c(C(F)(F)F)c6)C5O)c(F)c4)cccc3C2=O)C1=O. The molecule has 3 aromatic rings. The van der Waals surface area contributed by atoms with Gasteiger partial charge in [0.1, 0.15) is 54.4 Å². The van der Waals surface area contributed by atoms with Crippen LogP contribution < -0.4 is 14.2 Å². The fraction of sp³-hybridized carbons (Fsp3) is 0.510. The van der Waals surface area contributed by atoms with Crippen LogP contribution >= 0.6 is 0 Å². The van der Waals surface area contributed by atoms with Crippen molar-refractivity contribution in [3.63, 3.8) is 0 Å². The molecule has 1 N–H and O–H groups in total. The molecule has 0 aromatic heterocycles. The number of benzene rings is 3. The van der Waals surface area contributed by atoms with Crippen LogP contribution in [0, 0.1) is 34.4 Å². The molecule has 4 atom stereocenters. The molecule has 378 valence electrons. The van der Waals surface area contributed by atoms with Crippen molar-refractivity contribution in [2.45, 2.75) is 64.6 Å². The summed E-state index contributed by atoms with van der Waals surface area (Å²) in [5.74, 6) is -2.76. The van der Waals surface area contributed by atoms with Gasteiger partial charge in [0.05, 0.1) is 88.8 Å². The average molecular weight is 983 g/mol. The summed E-state index contributed by atoms with van der Waals surface area (Å²) in [5.41, 5.74) is -1.53. The van der Waals surface area contributed by atoms with Gasteiger partial charge in [-0.05, 0) is 42.3 Å². The standard InChI is InChI=1S/C51H58F4N2O13/c1-32-25-35(58)9-12-38(46(32)60)40-28-43(59)45-39(47(40)61)5-4-6-44(45)69-24-22-67-20-18-65-16-14-63-13-15-64-17-19-66-21-23-68-36-10-8-34(42(52)27-36)30-57-31-50(2,3)48(49(57)62)70-37-11-7-33(29-56)41(26-37)51(53,54)55/h4-8,10-11,26-27,38,40,48-49,62H,1,9,12-25,28,30-31H2,2-3H3. The van der Waals surface area contributed by atoms with Crippen molar-refractivity contribution in [1.29, 1.82) is 5.26 Å². The summed E-state index contributed by atoms with van der Waals surface area (Å²) in [4.78, 5) is 53.3. The number of allylic oxidation sites excluding steroid dienone is 1. The number of carbonyl (C=O) groups excluding carboxylic acids is 4. The number of fused-ring (bicyclic) bond motifs is 1. The van der Waals surface area contributed by atoms with E-state index in [0.29, 0.717) is 52.9 Å². The summed E-state index contributed by atoms with van der Waals surface area (Å²) in [5, 5.41) is 20.2. The Kier molecular flexibility index (Phi) is 19.2. The van der Waals surface area contributed by atoms with Crippen molar-refractivity contribution < 1.29 is 79.7 Å². The maximum absolute atomic E-state index is 15.1. The first-order valence-corrected chi connectivity index (χ1v) is 23.1. The van der Waals surface area contributed by atoms with Crippen LogP contribution in [0.5, 0.6) is 17.2 Å². The molecule has 2 fully saturated rings. The number of hydrogen-bond acceptors (Lipinski definition) is 15. The minimum Gasteiger partial charge on any atom is -0.491 e. The van der Waals surface area contributed by atoms with Crippen molar-refractivity contribution in [2.24, 2.45) is 17.3 Å². The summed E-state index contributed by atoms with van der Waals surface area (Å²) in [6.07, 6.45) is -6.74. The van der Waals surface area contributed by atoms with E-state index in [4.69, 9.17) is 43.2 Å². The van der Waals surface area contributed by atoms with Crippen molar-refractivity contribution in [1.82, 2.24) is 4.90 Å². The Hall–Kier alpha value is -5.59. The molecule has 1 heterocycles. The van der Waals surface area contributed by atoms with Crippen molar-refractivity contribution >= 4 is 23.1 Å². The van der Waals surface area contributed by atoms with E-state index in [1.807, 2.05) is 0 Å². The first-order chi connectivity index (χ1) is 33.5. The van der Waals surface area contributed by atoms with Gasteiger partial charge in [-0.3, -0.25) is 24.1 Å². The zero-order chi connectivity index (χ0) is 50.4. The third-order valence-corrected chi connectivity index (χ3v) is 12.2. The number of carbonyl (C=O) groups is 4. The fourth-order valence-electron chi connectivity index (χ4n) is 8.69. The molecule has 0 amide bonds. The van der Waals surface area contributed by atoms with Gasteiger partial charge in [0, 0.05) is 66.8 Å². The van der Waals surface area contributed by atoms with Crippen LogP contribution in [0.15, 0.2) is 66.7 Å². The molecule has 6 rings (SSSR count). The molecule has 0 radical (unpaired) electrons. The maximum Gasteiger partial charge on any atom is 0.417 e. The second-order valence-corrected chi connectivity index (χ2v) is 17.8. The van der Waals surface area contributed by atoms with E-state index in [0.717, 1.165) is 12.1 Å². The number of Topliss-reactive ketones (excluding diaryl/α,β-unsaturated/α-hetero) is 4. The molecule has 70 heavy (non-hydrogen) atoms. The smallest absolute Gasteiger partial charge is 0.417 e. The molecule has 4 unspecified atom stereocenters. The molecular formula is C51H58F4N2O13. The number of nitriles is 1. The Morgan fingerprint density at radius 1 is 0.786 bits per heavy atom. The highest BCUT2D eigenvalue weighted by Crippen LogP contribution is 2.41. The molecule has 2 aliphatic carbocycles. The molecule has 19 heteroatoms. The molecule has 0 bridgehead atoms. The zero-order valence-corrected chi connectivity index (χ0v) is 39.2. The number of nitrogens with zero attached hydrogens (tertiary/aromatic N) is 2. The van der Waals surface area contributed by atoms with E-state index < -0.39 is 52.7 Å². The highest BCUT2D eigenvalue weighted by molar-refractivity contribution is 6.18. The maximum atomic E-state index is 15.1. The highest BCUT2D eigenvalue weighted by atomic mass is 19.4. The molecule has 0 spiro atoms. The Balaban J connectivity index is 0.760. The number of aliphatic hydroxyl groups excluding tert-OH is 1. The van der Waals surface area contributed by atoms with Crippen molar-refractivity contribution in [3.8, 4) is 23.3 Å². The molecule has 3 aliphatic rings. The normalized spacial score (nSPS) is 20.6. The number of halogens is 4. The molecule has 1 saturated heterocycles. The van der Waals surface area contributed by atoms with Gasteiger partial charge in [-0.2, -0.15) is 18.4 Å². The molecule has 1 saturated carbocycles. The molecular weight excluding hydrogens is 925 g/mol. The van der Waals surface area contributed by atoms with Crippen LogP contribution in [-0.2, 0) is 46.0 Å². The lowest BCUT2D eigenvalue weighted by Crippen LogP contribution is -2.40. The number of hydrogen-bond donors (Lipinski definition) is 1. The van der Waals surface area contributed by atoms with Gasteiger partial charge < -0.3 is 43.0 Å². The van der Waals surface area contributed by atoms with Crippen molar-refractivity contribution in [2.75, 3.05) is 85.8 Å². The molecule has 1 aliphatic heterocycles. The number of rotatable bonds is 25. The van der Waals surface area contributed by atoms with Gasteiger partial charge in [0.15, 0.2) is 17.3 Å². The molecule has 3 aromatic carbocycles. The van der Waals surface area contributed by atoms with E-state index in [9.17, 15) is 37.5 Å². The first kappa shape index (κ1) is 53.8. The van der Waals surface area contributed by atoms with E-state index in [1.165, 1.54) is 24.3 Å². The minimum absolute atomic E-state index is 0.00492. The van der Waals surface area contributed by atoms with Gasteiger partial charge in [-0.25, -0.2) is 4.39 Å². The summed E-state index contributed by atoms with van der Waals surface area (Å²) >= 11 is 0. The number of alkyl halides is 3. The monoisotopic (exact) mass is 982 g/mol. The van der Waals surface area contributed by atoms with Gasteiger partial charge >= 0.3 is 6.18 Å². The van der Waals surface area contributed by atoms with Gasteiger partial charge in [-0.1, -0.05) is 38.6 Å². The van der Waals surface area contributed by atoms with Gasteiger partial charge in [-0.15, -0.1) is 0 Å². The van der Waals surface area contributed by atoms with Crippen LogP contribution in [0.1, 0.15) is 76.9 Å². The lowest BCUT2D eigenvalue weighted by molar-refractivity contribution is -0.138. The van der Waals surface area contributed by atoms with Crippen LogP contribution in [-0.4, -0.2) is 131 Å². The van der Waals surface area contributed by atoms with Crippen LogP contribution in [0.4, 0.5) is 17.6 Å². The second kappa shape index (κ2) is 25.0. The molecule has 15 nitrogen and oxygen atoms in total. The highest BCUT2D eigenvalue weighted by Gasteiger charge is 2.49. The van der Waals surface area contributed by atoms with Crippen LogP contribution in [0.3, 0.4) is 0 Å². The van der Waals surface area contributed by atoms with E-state index in [1.54, 1.807) is 43.0 Å². The van der Waals surface area contributed by atoms with Gasteiger partial charge in [0.25, 0.3) is 0 Å². The van der Waals surface area contributed by atoms with Crippen LogP contribution in [0.2, 0.25) is 0 Å². The quantitative estimate of drug-likeness (QED) is 0.0406. The largest absolute Gasteiger partial charge is 0.491 e. The summed E-state index contributed by atoms with van der Waals surface area (Å²) in [7, 11) is 0.